The van der Waals surface area contributed by atoms with Gasteiger partial charge in [0.15, 0.2) is 0 Å². The highest BCUT2D eigenvalue weighted by molar-refractivity contribution is 5.95. The second-order valence-electron chi connectivity index (χ2n) is 5.84. The monoisotopic (exact) mass is 289 g/mol. The predicted octanol–water partition coefficient (Wildman–Crippen LogP) is 2.57. The van der Waals surface area contributed by atoms with Crippen molar-refractivity contribution in [3.63, 3.8) is 0 Å². The number of benzene rings is 1. The van der Waals surface area contributed by atoms with Gasteiger partial charge in [-0.15, -0.1) is 0 Å². The van der Waals surface area contributed by atoms with Gasteiger partial charge in [0.25, 0.3) is 5.91 Å². The maximum Gasteiger partial charge on any atom is 0.254 e. The number of rotatable bonds is 2. The van der Waals surface area contributed by atoms with E-state index < -0.39 is 5.82 Å². The maximum absolute atomic E-state index is 14.0. The first-order valence-corrected chi connectivity index (χ1v) is 7.17. The van der Waals surface area contributed by atoms with Gasteiger partial charge < -0.3 is 10.0 Å². The number of hydrogen-bond acceptors (Lipinski definition) is 2. The van der Waals surface area contributed by atoms with E-state index >= 15 is 0 Å². The lowest BCUT2D eigenvalue weighted by molar-refractivity contribution is 0.0651. The highest BCUT2D eigenvalue weighted by Crippen LogP contribution is 2.29. The van der Waals surface area contributed by atoms with Crippen LogP contribution in [-0.2, 0) is 0 Å². The average molecular weight is 289 g/mol. The molecule has 1 amide bonds. The van der Waals surface area contributed by atoms with E-state index in [1.54, 1.807) is 11.0 Å². The molecular weight excluding hydrogens is 269 g/mol. The minimum atomic E-state index is -0.497. The van der Waals surface area contributed by atoms with Crippen LogP contribution < -0.4 is 0 Å². The fraction of sp³-hybridized carbons (Fsp3) is 0.471. The van der Waals surface area contributed by atoms with Gasteiger partial charge in [0.2, 0.25) is 0 Å². The van der Waals surface area contributed by atoms with Crippen LogP contribution in [0.1, 0.15) is 49.0 Å². The molecule has 1 aromatic carbocycles. The fourth-order valence-electron chi connectivity index (χ4n) is 2.60. The van der Waals surface area contributed by atoms with Crippen molar-refractivity contribution >= 4 is 5.91 Å². The molecule has 0 spiro atoms. The van der Waals surface area contributed by atoms with Crippen LogP contribution >= 0.6 is 0 Å². The highest BCUT2D eigenvalue weighted by atomic mass is 19.1. The van der Waals surface area contributed by atoms with E-state index in [1.165, 1.54) is 12.1 Å². The first-order valence-electron chi connectivity index (χ1n) is 7.17. The Kier molecular flexibility index (Phi) is 4.64. The van der Waals surface area contributed by atoms with Gasteiger partial charge in [-0.2, -0.15) is 0 Å². The van der Waals surface area contributed by atoms with Gasteiger partial charge in [-0.1, -0.05) is 11.8 Å². The lowest BCUT2D eigenvalue weighted by Gasteiger charge is -2.31. The second kappa shape index (κ2) is 6.28. The van der Waals surface area contributed by atoms with Gasteiger partial charge in [0.05, 0.1) is 12.2 Å². The second-order valence-corrected chi connectivity index (χ2v) is 5.84. The quantitative estimate of drug-likeness (QED) is 0.850. The molecule has 0 unspecified atom stereocenters. The van der Waals surface area contributed by atoms with Gasteiger partial charge in [0, 0.05) is 24.1 Å². The number of hydrogen-bond donors (Lipinski definition) is 1. The van der Waals surface area contributed by atoms with Crippen molar-refractivity contribution in [1.82, 2.24) is 4.90 Å². The Morgan fingerprint density at radius 2 is 2.24 bits per heavy atom. The Labute approximate surface area is 124 Å². The van der Waals surface area contributed by atoms with Gasteiger partial charge in [-0.05, 0) is 44.9 Å². The third kappa shape index (κ3) is 3.43. The number of carbonyl (C=O) groups is 1. The number of amides is 1. The van der Waals surface area contributed by atoms with Crippen LogP contribution in [0.4, 0.5) is 4.39 Å². The van der Waals surface area contributed by atoms with E-state index in [1.807, 2.05) is 13.8 Å². The van der Waals surface area contributed by atoms with Crippen LogP contribution in [0.15, 0.2) is 18.2 Å². The molecule has 3 nitrogen and oxygen atoms in total. The molecule has 0 saturated carbocycles. The molecule has 1 N–H and O–H groups in total. The van der Waals surface area contributed by atoms with Crippen molar-refractivity contribution < 1.29 is 14.3 Å². The molecule has 0 bridgehead atoms. The number of nitrogens with zero attached hydrogens (tertiary/aromatic N) is 1. The first-order chi connectivity index (χ1) is 9.95. The molecule has 1 saturated heterocycles. The van der Waals surface area contributed by atoms with E-state index in [9.17, 15) is 9.18 Å². The third-order valence-electron chi connectivity index (χ3n) is 3.82. The molecule has 0 atom stereocenters. The average Bonchev–Trinajstić information content (AvgIpc) is 2.79. The van der Waals surface area contributed by atoms with Crippen molar-refractivity contribution in [2.45, 2.75) is 38.6 Å². The van der Waals surface area contributed by atoms with Crippen LogP contribution in [0.25, 0.3) is 0 Å². The fourth-order valence-corrected chi connectivity index (χ4v) is 2.60. The molecule has 1 fully saturated rings. The molecule has 1 heterocycles. The number of aliphatic hydroxyl groups is 1. The molecule has 112 valence electrons. The zero-order chi connectivity index (χ0) is 15.5. The number of carbonyl (C=O) groups excluding carboxylic acids is 1. The lowest BCUT2D eigenvalue weighted by Crippen LogP contribution is -2.42. The summed E-state index contributed by atoms with van der Waals surface area (Å²) in [5, 5.41) is 8.65. The molecule has 0 aromatic heterocycles. The number of likely N-dealkylation sites (tertiary alicyclic amines) is 1. The topological polar surface area (TPSA) is 40.5 Å². The van der Waals surface area contributed by atoms with Crippen molar-refractivity contribution in [3.05, 3.63) is 35.1 Å². The van der Waals surface area contributed by atoms with Crippen LogP contribution in [0.3, 0.4) is 0 Å². The van der Waals surface area contributed by atoms with Crippen molar-refractivity contribution in [2.24, 2.45) is 0 Å². The minimum absolute atomic E-state index is 0.0464. The molecule has 0 radical (unpaired) electrons. The van der Waals surface area contributed by atoms with E-state index in [4.69, 9.17) is 5.11 Å². The van der Waals surface area contributed by atoms with Crippen molar-refractivity contribution in [3.8, 4) is 11.8 Å². The van der Waals surface area contributed by atoms with E-state index in [0.29, 0.717) is 18.5 Å². The number of halogens is 1. The van der Waals surface area contributed by atoms with Gasteiger partial charge in [-0.25, -0.2) is 4.39 Å². The van der Waals surface area contributed by atoms with Crippen molar-refractivity contribution in [1.29, 1.82) is 0 Å². The Bertz CT molecular complexity index is 599. The summed E-state index contributed by atoms with van der Waals surface area (Å²) in [6.45, 7) is 4.73. The summed E-state index contributed by atoms with van der Waals surface area (Å²) in [6.07, 6.45) is 2.25. The molecule has 2 rings (SSSR count). The van der Waals surface area contributed by atoms with E-state index in [2.05, 4.69) is 11.8 Å². The molecule has 21 heavy (non-hydrogen) atoms. The molecule has 0 aliphatic carbocycles. The van der Waals surface area contributed by atoms with Crippen molar-refractivity contribution in [2.75, 3.05) is 13.2 Å². The summed E-state index contributed by atoms with van der Waals surface area (Å²) >= 11 is 0. The summed E-state index contributed by atoms with van der Waals surface area (Å²) in [7, 11) is 0. The zero-order valence-corrected chi connectivity index (χ0v) is 12.4. The van der Waals surface area contributed by atoms with Gasteiger partial charge in [0.1, 0.15) is 5.82 Å². The summed E-state index contributed by atoms with van der Waals surface area (Å²) in [6, 6.07) is 4.39. The minimum Gasteiger partial charge on any atom is -0.395 e. The van der Waals surface area contributed by atoms with Gasteiger partial charge in [-0.3, -0.25) is 4.79 Å². The molecule has 1 aromatic rings. The Balaban J connectivity index is 2.21. The molecule has 4 heteroatoms. The van der Waals surface area contributed by atoms with Gasteiger partial charge >= 0.3 is 0 Å². The SMILES string of the molecule is CC1(C)CCCN1C(=O)c1ccc(C#CCCO)c(F)c1. The predicted molar refractivity (Wildman–Crippen MR) is 79.3 cm³/mol. The molecule has 1 aliphatic rings. The summed E-state index contributed by atoms with van der Waals surface area (Å²) in [5.74, 6) is 4.70. The van der Waals surface area contributed by atoms with E-state index in [0.717, 1.165) is 12.8 Å². The third-order valence-corrected chi connectivity index (χ3v) is 3.82. The van der Waals surface area contributed by atoms with Crippen LogP contribution in [-0.4, -0.2) is 34.6 Å². The summed E-state index contributed by atoms with van der Waals surface area (Å²) in [5.41, 5.74) is 0.434. The smallest absolute Gasteiger partial charge is 0.254 e. The Hall–Kier alpha value is -1.86. The number of aliphatic hydroxyl groups excluding tert-OH is 1. The normalized spacial score (nSPS) is 16.5. The van der Waals surface area contributed by atoms with E-state index in [-0.39, 0.29) is 23.6 Å². The Morgan fingerprint density at radius 1 is 1.48 bits per heavy atom. The van der Waals surface area contributed by atoms with Crippen LogP contribution in [0, 0.1) is 17.7 Å². The molecular formula is C17H20FNO2. The standard InChI is InChI=1S/C17H20FNO2/c1-17(2)9-5-10-19(17)16(21)14-8-7-13(15(18)12-14)6-3-4-11-20/h7-8,12,20H,4-5,9-11H2,1-2H3. The maximum atomic E-state index is 14.0. The largest absolute Gasteiger partial charge is 0.395 e. The lowest BCUT2D eigenvalue weighted by atomic mass is 10.0. The molecule has 1 aliphatic heterocycles. The highest BCUT2D eigenvalue weighted by Gasteiger charge is 2.35. The summed E-state index contributed by atoms with van der Waals surface area (Å²) < 4.78 is 14.0. The Morgan fingerprint density at radius 3 is 2.81 bits per heavy atom. The van der Waals surface area contributed by atoms with Crippen LogP contribution in [0.2, 0.25) is 0 Å². The zero-order valence-electron chi connectivity index (χ0n) is 12.4. The first kappa shape index (κ1) is 15.5. The van der Waals surface area contributed by atoms with Crippen LogP contribution in [0.5, 0.6) is 0 Å². The summed E-state index contributed by atoms with van der Waals surface area (Å²) in [4.78, 5) is 14.3.